The summed E-state index contributed by atoms with van der Waals surface area (Å²) in [5.74, 6) is 0. The Labute approximate surface area is 188 Å². The van der Waals surface area contributed by atoms with Crippen molar-refractivity contribution in [2.75, 3.05) is 0 Å². The monoisotopic (exact) mass is 427 g/mol. The van der Waals surface area contributed by atoms with E-state index in [-0.39, 0.29) is 12.4 Å². The Morgan fingerprint density at radius 1 is 0.867 bits per heavy atom. The average molecular weight is 428 g/mol. The number of aryl methyl sites for hydroxylation is 3. The van der Waals surface area contributed by atoms with Gasteiger partial charge in [-0.25, -0.2) is 0 Å². The summed E-state index contributed by atoms with van der Waals surface area (Å²) >= 11 is 0. The van der Waals surface area contributed by atoms with Gasteiger partial charge in [0.2, 0.25) is 0 Å². The molecule has 0 spiro atoms. The number of benzene rings is 1. The van der Waals surface area contributed by atoms with E-state index < -0.39 is 0 Å². The van der Waals surface area contributed by atoms with Gasteiger partial charge in [0.05, 0.1) is 23.1 Å². The largest absolute Gasteiger partial charge is 0.357 e. The number of nitrogens with one attached hydrogen (secondary N) is 2. The van der Waals surface area contributed by atoms with E-state index in [0.717, 1.165) is 29.7 Å². The van der Waals surface area contributed by atoms with E-state index in [1.54, 1.807) is 0 Å². The Kier molecular flexibility index (Phi) is 9.23. The lowest BCUT2D eigenvalue weighted by Crippen LogP contribution is -1.90. The molecule has 0 atom stereocenters. The lowest BCUT2D eigenvalue weighted by Gasteiger charge is -2.02. The van der Waals surface area contributed by atoms with E-state index >= 15 is 0 Å². The van der Waals surface area contributed by atoms with Gasteiger partial charge >= 0.3 is 0 Å². The number of H-pyrrole nitrogens is 2. The highest BCUT2D eigenvalue weighted by molar-refractivity contribution is 5.94. The zero-order chi connectivity index (χ0) is 20.8. The van der Waals surface area contributed by atoms with Crippen LogP contribution in [0.25, 0.3) is 10.9 Å². The zero-order valence-corrected chi connectivity index (χ0v) is 20.1. The number of aromatic amines is 2. The molecule has 2 N–H and O–H groups in total. The zero-order valence-electron chi connectivity index (χ0n) is 19.3. The van der Waals surface area contributed by atoms with Gasteiger partial charge < -0.3 is 9.97 Å². The first-order chi connectivity index (χ1) is 14.0. The van der Waals surface area contributed by atoms with Crippen molar-refractivity contribution in [2.45, 2.75) is 86.0 Å². The standard InChI is InChI=1S/C26H37N3.ClH/c1-6-8-10-12-22-16-21-14-18(3)15-24(26(21)29-22)27-17-25-19(4)23(20(5)28-25)13-11-9-7-2;/h14-17,28-29H,6-13H2,1-5H3;1H. The summed E-state index contributed by atoms with van der Waals surface area (Å²) in [6, 6.07) is 6.73. The smallest absolute Gasteiger partial charge is 0.0874 e. The molecule has 30 heavy (non-hydrogen) atoms. The third kappa shape index (κ3) is 5.78. The van der Waals surface area contributed by atoms with Gasteiger partial charge in [-0.15, -0.1) is 12.4 Å². The van der Waals surface area contributed by atoms with Gasteiger partial charge in [-0.2, -0.15) is 0 Å². The highest BCUT2D eigenvalue weighted by Crippen LogP contribution is 2.29. The molecule has 0 aliphatic heterocycles. The van der Waals surface area contributed by atoms with E-state index in [9.17, 15) is 0 Å². The van der Waals surface area contributed by atoms with E-state index in [4.69, 9.17) is 4.99 Å². The number of fused-ring (bicyclic) bond motifs is 1. The van der Waals surface area contributed by atoms with Gasteiger partial charge in [0.15, 0.2) is 0 Å². The van der Waals surface area contributed by atoms with Crippen LogP contribution in [0, 0.1) is 20.8 Å². The number of aliphatic imine (C=N–C) groups is 1. The van der Waals surface area contributed by atoms with Crippen molar-refractivity contribution in [1.29, 1.82) is 0 Å². The van der Waals surface area contributed by atoms with Crippen LogP contribution < -0.4 is 0 Å². The van der Waals surface area contributed by atoms with Gasteiger partial charge in [0, 0.05) is 16.8 Å². The van der Waals surface area contributed by atoms with Crippen LogP contribution >= 0.6 is 12.4 Å². The van der Waals surface area contributed by atoms with Crippen LogP contribution in [0.3, 0.4) is 0 Å². The first kappa shape index (κ1) is 24.3. The molecule has 2 aromatic heterocycles. The Morgan fingerprint density at radius 2 is 1.57 bits per heavy atom. The average Bonchev–Trinajstić information content (AvgIpc) is 3.21. The molecule has 3 nitrogen and oxygen atoms in total. The summed E-state index contributed by atoms with van der Waals surface area (Å²) < 4.78 is 0. The number of hydrogen-bond donors (Lipinski definition) is 2. The lowest BCUT2D eigenvalue weighted by molar-refractivity contribution is 0.710. The molecule has 0 saturated heterocycles. The Bertz CT molecular complexity index is 978. The molecule has 3 rings (SSSR count). The van der Waals surface area contributed by atoms with Crippen molar-refractivity contribution in [3.63, 3.8) is 0 Å². The highest BCUT2D eigenvalue weighted by atomic mass is 35.5. The summed E-state index contributed by atoms with van der Waals surface area (Å²) in [6.45, 7) is 11.1. The normalized spacial score (nSPS) is 11.5. The van der Waals surface area contributed by atoms with E-state index in [1.807, 2.05) is 6.21 Å². The molecule has 0 unspecified atom stereocenters. The van der Waals surface area contributed by atoms with Crippen LogP contribution in [0.15, 0.2) is 23.2 Å². The van der Waals surface area contributed by atoms with Crippen molar-refractivity contribution < 1.29 is 0 Å². The number of hydrogen-bond acceptors (Lipinski definition) is 1. The first-order valence-corrected chi connectivity index (χ1v) is 11.4. The molecular weight excluding hydrogens is 390 g/mol. The van der Waals surface area contributed by atoms with Gasteiger partial charge in [0.25, 0.3) is 0 Å². The minimum absolute atomic E-state index is 0. The first-order valence-electron chi connectivity index (χ1n) is 11.4. The van der Waals surface area contributed by atoms with Crippen molar-refractivity contribution in [3.8, 4) is 0 Å². The maximum atomic E-state index is 4.90. The number of aromatic nitrogens is 2. The second-order valence-electron chi connectivity index (χ2n) is 8.48. The molecule has 0 fully saturated rings. The molecular formula is C26H38ClN3. The number of rotatable bonds is 10. The van der Waals surface area contributed by atoms with E-state index in [2.05, 4.69) is 62.8 Å². The summed E-state index contributed by atoms with van der Waals surface area (Å²) in [7, 11) is 0. The summed E-state index contributed by atoms with van der Waals surface area (Å²) in [6.07, 6.45) is 11.9. The molecule has 0 bridgehead atoms. The summed E-state index contributed by atoms with van der Waals surface area (Å²) in [5, 5.41) is 1.27. The third-order valence-corrected chi connectivity index (χ3v) is 5.95. The van der Waals surface area contributed by atoms with Crippen LogP contribution in [-0.2, 0) is 12.8 Å². The molecule has 0 aliphatic carbocycles. The molecule has 0 amide bonds. The summed E-state index contributed by atoms with van der Waals surface area (Å²) in [5.41, 5.74) is 9.99. The molecule has 2 heterocycles. The fourth-order valence-corrected chi connectivity index (χ4v) is 4.24. The van der Waals surface area contributed by atoms with Crippen LogP contribution in [0.1, 0.15) is 86.1 Å². The topological polar surface area (TPSA) is 43.9 Å². The highest BCUT2D eigenvalue weighted by Gasteiger charge is 2.11. The van der Waals surface area contributed by atoms with Gasteiger partial charge in [-0.3, -0.25) is 4.99 Å². The van der Waals surface area contributed by atoms with Gasteiger partial charge in [-0.1, -0.05) is 39.5 Å². The van der Waals surface area contributed by atoms with Crippen LogP contribution in [0.2, 0.25) is 0 Å². The predicted molar refractivity (Wildman–Crippen MR) is 134 cm³/mol. The van der Waals surface area contributed by atoms with Gasteiger partial charge in [-0.05, 0) is 81.3 Å². The van der Waals surface area contributed by atoms with Crippen molar-refractivity contribution in [2.24, 2.45) is 4.99 Å². The Balaban J connectivity index is 0.00000320. The second-order valence-corrected chi connectivity index (χ2v) is 8.48. The Morgan fingerprint density at radius 3 is 2.27 bits per heavy atom. The molecule has 4 heteroatoms. The molecule has 0 aliphatic rings. The van der Waals surface area contributed by atoms with Crippen LogP contribution in [0.5, 0.6) is 0 Å². The van der Waals surface area contributed by atoms with Gasteiger partial charge in [0.1, 0.15) is 0 Å². The third-order valence-electron chi connectivity index (χ3n) is 5.95. The van der Waals surface area contributed by atoms with E-state index in [0.29, 0.717) is 0 Å². The predicted octanol–water partition coefficient (Wildman–Crippen LogP) is 8.06. The van der Waals surface area contributed by atoms with E-state index in [1.165, 1.54) is 72.0 Å². The molecule has 0 saturated carbocycles. The molecule has 3 aromatic rings. The molecule has 164 valence electrons. The molecule has 1 aromatic carbocycles. The Hall–Kier alpha value is -2.00. The number of nitrogens with zero attached hydrogens (tertiary/aromatic N) is 1. The fourth-order valence-electron chi connectivity index (χ4n) is 4.24. The minimum Gasteiger partial charge on any atom is -0.357 e. The number of unbranched alkanes of at least 4 members (excludes halogenated alkanes) is 4. The maximum Gasteiger partial charge on any atom is 0.0874 e. The van der Waals surface area contributed by atoms with Crippen molar-refractivity contribution in [3.05, 3.63) is 52.0 Å². The number of halogens is 1. The lowest BCUT2D eigenvalue weighted by atomic mass is 10.0. The second kappa shape index (κ2) is 11.4. The SMILES string of the molecule is CCCCCc1cc2cc(C)cc(N=Cc3[nH]c(C)c(CCCCC)c3C)c2[nH]1.Cl. The minimum atomic E-state index is 0. The quantitative estimate of drug-likeness (QED) is 0.242. The molecule has 0 radical (unpaired) electrons. The maximum absolute atomic E-state index is 4.90. The van der Waals surface area contributed by atoms with Crippen molar-refractivity contribution in [1.82, 2.24) is 9.97 Å². The van der Waals surface area contributed by atoms with Crippen LogP contribution in [-0.4, -0.2) is 16.2 Å². The fraction of sp³-hybridized carbons (Fsp3) is 0.500. The van der Waals surface area contributed by atoms with Crippen LogP contribution in [0.4, 0.5) is 5.69 Å². The summed E-state index contributed by atoms with van der Waals surface area (Å²) in [4.78, 5) is 12.1. The van der Waals surface area contributed by atoms with Crippen molar-refractivity contribution >= 4 is 35.2 Å².